The number of hydrogen-bond donors (Lipinski definition) is 0. The van der Waals surface area contributed by atoms with E-state index >= 15 is 0 Å². The predicted molar refractivity (Wildman–Crippen MR) is 72.0 cm³/mol. The lowest BCUT2D eigenvalue weighted by Crippen LogP contribution is -2.49. The zero-order valence-corrected chi connectivity index (χ0v) is 12.1. The molecule has 0 spiro atoms. The van der Waals surface area contributed by atoms with Gasteiger partial charge in [-0.05, 0) is 54.0 Å². The van der Waals surface area contributed by atoms with Crippen molar-refractivity contribution in [2.75, 3.05) is 13.1 Å². The fraction of sp³-hybridized carbons (Fsp3) is 0.929. The lowest BCUT2D eigenvalue weighted by Gasteiger charge is -2.37. The molecule has 3 heteroatoms. The summed E-state index contributed by atoms with van der Waals surface area (Å²) in [5, 5.41) is 0. The van der Waals surface area contributed by atoms with Crippen LogP contribution >= 0.6 is 0 Å². The number of hydrogen-bond acceptors (Lipinski definition) is 2. The van der Waals surface area contributed by atoms with Gasteiger partial charge in [0.15, 0.2) is 0 Å². The molecule has 3 nitrogen and oxygen atoms in total. The minimum atomic E-state index is 0.281. The van der Waals surface area contributed by atoms with E-state index in [0.29, 0.717) is 24.7 Å². The molecule has 0 saturated carbocycles. The van der Waals surface area contributed by atoms with Gasteiger partial charge in [-0.2, -0.15) is 0 Å². The van der Waals surface area contributed by atoms with E-state index in [2.05, 4.69) is 39.5 Å². The average Bonchev–Trinajstić information content (AvgIpc) is 2.20. The number of likely N-dealkylation sites (tertiary alicyclic amines) is 1. The summed E-state index contributed by atoms with van der Waals surface area (Å²) in [4.78, 5) is 16.7. The maximum atomic E-state index is 12.3. The van der Waals surface area contributed by atoms with Crippen molar-refractivity contribution < 1.29 is 4.79 Å². The third-order valence-corrected chi connectivity index (χ3v) is 3.68. The Bertz CT molecular complexity index is 243. The molecule has 1 amide bonds. The van der Waals surface area contributed by atoms with E-state index in [0.717, 1.165) is 6.54 Å². The van der Waals surface area contributed by atoms with Gasteiger partial charge in [0.25, 0.3) is 0 Å². The number of amides is 1. The van der Waals surface area contributed by atoms with Crippen molar-refractivity contribution in [3.8, 4) is 0 Å². The summed E-state index contributed by atoms with van der Waals surface area (Å²) < 4.78 is 0. The Morgan fingerprint density at radius 2 is 1.82 bits per heavy atom. The van der Waals surface area contributed by atoms with Crippen molar-refractivity contribution in [1.29, 1.82) is 0 Å². The normalized spacial score (nSPS) is 22.2. The topological polar surface area (TPSA) is 23.6 Å². The zero-order valence-electron chi connectivity index (χ0n) is 12.1. The summed E-state index contributed by atoms with van der Waals surface area (Å²) in [5.74, 6) is 0.281. The van der Waals surface area contributed by atoms with Crippen LogP contribution in [0.5, 0.6) is 0 Å². The third-order valence-electron chi connectivity index (χ3n) is 3.68. The molecule has 100 valence electrons. The quantitative estimate of drug-likeness (QED) is 0.754. The van der Waals surface area contributed by atoms with Crippen LogP contribution in [0.2, 0.25) is 0 Å². The van der Waals surface area contributed by atoms with E-state index in [1.54, 1.807) is 0 Å². The van der Waals surface area contributed by atoms with E-state index in [1.165, 1.54) is 19.3 Å². The van der Waals surface area contributed by atoms with Crippen LogP contribution in [0.3, 0.4) is 0 Å². The number of carbonyl (C=O) groups is 1. The molecule has 0 bridgehead atoms. The van der Waals surface area contributed by atoms with E-state index in [4.69, 9.17) is 0 Å². The monoisotopic (exact) mass is 240 g/mol. The molecular formula is C14H28N2O. The summed E-state index contributed by atoms with van der Waals surface area (Å²) in [6.07, 6.45) is 3.78. The molecule has 0 aromatic heterocycles. The maximum absolute atomic E-state index is 12.3. The van der Waals surface area contributed by atoms with Gasteiger partial charge in [0.05, 0.1) is 6.54 Å². The van der Waals surface area contributed by atoms with Crippen molar-refractivity contribution in [2.24, 2.45) is 0 Å². The molecular weight excluding hydrogens is 212 g/mol. The fourth-order valence-electron chi connectivity index (χ4n) is 2.82. The predicted octanol–water partition coefficient (Wildman–Crippen LogP) is 2.51. The average molecular weight is 240 g/mol. The first-order valence-electron chi connectivity index (χ1n) is 6.98. The van der Waals surface area contributed by atoms with Gasteiger partial charge in [-0.1, -0.05) is 6.42 Å². The molecule has 1 atom stereocenters. The summed E-state index contributed by atoms with van der Waals surface area (Å²) in [5.41, 5.74) is 0. The summed E-state index contributed by atoms with van der Waals surface area (Å²) in [6.45, 7) is 12.3. The fourth-order valence-corrected chi connectivity index (χ4v) is 2.82. The summed E-state index contributed by atoms with van der Waals surface area (Å²) in [7, 11) is 0. The second kappa shape index (κ2) is 6.39. The van der Waals surface area contributed by atoms with Crippen molar-refractivity contribution in [2.45, 2.75) is 72.0 Å². The molecule has 1 aliphatic rings. The minimum Gasteiger partial charge on any atom is -0.337 e. The zero-order chi connectivity index (χ0) is 13.0. The molecule has 1 aliphatic heterocycles. The van der Waals surface area contributed by atoms with Gasteiger partial charge >= 0.3 is 0 Å². The summed E-state index contributed by atoms with van der Waals surface area (Å²) >= 11 is 0. The van der Waals surface area contributed by atoms with E-state index in [-0.39, 0.29) is 5.91 Å². The molecule has 1 fully saturated rings. The van der Waals surface area contributed by atoms with E-state index in [9.17, 15) is 4.79 Å². The van der Waals surface area contributed by atoms with Gasteiger partial charge < -0.3 is 4.90 Å². The Balaban J connectivity index is 2.56. The van der Waals surface area contributed by atoms with E-state index in [1.807, 2.05) is 4.90 Å². The van der Waals surface area contributed by atoms with Crippen molar-refractivity contribution >= 4 is 5.91 Å². The highest BCUT2D eigenvalue weighted by Crippen LogP contribution is 2.17. The number of carbonyl (C=O) groups excluding carboxylic acids is 1. The smallest absolute Gasteiger partial charge is 0.237 e. The van der Waals surface area contributed by atoms with Crippen molar-refractivity contribution in [3.05, 3.63) is 0 Å². The Labute approximate surface area is 106 Å². The van der Waals surface area contributed by atoms with Crippen LogP contribution in [0.1, 0.15) is 53.9 Å². The Kier molecular flexibility index (Phi) is 5.44. The Morgan fingerprint density at radius 3 is 2.29 bits per heavy atom. The van der Waals surface area contributed by atoms with Gasteiger partial charge in [0.2, 0.25) is 5.91 Å². The lowest BCUT2D eigenvalue weighted by molar-refractivity contribution is -0.136. The molecule has 0 radical (unpaired) electrons. The van der Waals surface area contributed by atoms with Crippen LogP contribution in [-0.2, 0) is 4.79 Å². The molecule has 1 heterocycles. The molecule has 1 saturated heterocycles. The number of rotatable bonds is 4. The molecule has 0 aliphatic carbocycles. The molecule has 0 unspecified atom stereocenters. The highest BCUT2D eigenvalue weighted by molar-refractivity contribution is 5.78. The first kappa shape index (κ1) is 14.5. The maximum Gasteiger partial charge on any atom is 0.237 e. The van der Waals surface area contributed by atoms with Crippen LogP contribution in [0.25, 0.3) is 0 Å². The molecule has 17 heavy (non-hydrogen) atoms. The molecule has 0 N–H and O–H groups in total. The SMILES string of the molecule is CC(C)N(C(=O)CN1CCCC[C@@H]1C)C(C)C. The first-order valence-corrected chi connectivity index (χ1v) is 6.98. The van der Waals surface area contributed by atoms with Crippen LogP contribution < -0.4 is 0 Å². The van der Waals surface area contributed by atoms with Crippen LogP contribution in [0.15, 0.2) is 0 Å². The Morgan fingerprint density at radius 1 is 1.24 bits per heavy atom. The van der Waals surface area contributed by atoms with Crippen LogP contribution in [-0.4, -0.2) is 46.9 Å². The molecule has 1 rings (SSSR count). The standard InChI is InChI=1S/C14H28N2O/c1-11(2)16(12(3)4)14(17)10-15-9-7-6-8-13(15)5/h11-13H,6-10H2,1-5H3/t13-/m0/s1. The Hall–Kier alpha value is -0.570. The second-order valence-electron chi connectivity index (χ2n) is 5.80. The minimum absolute atomic E-state index is 0.281. The van der Waals surface area contributed by atoms with E-state index < -0.39 is 0 Å². The third kappa shape index (κ3) is 3.98. The van der Waals surface area contributed by atoms with Gasteiger partial charge in [-0.15, -0.1) is 0 Å². The van der Waals surface area contributed by atoms with Crippen molar-refractivity contribution in [3.63, 3.8) is 0 Å². The highest BCUT2D eigenvalue weighted by atomic mass is 16.2. The van der Waals surface area contributed by atoms with Crippen molar-refractivity contribution in [1.82, 2.24) is 9.80 Å². The van der Waals surface area contributed by atoms with Gasteiger partial charge in [-0.3, -0.25) is 9.69 Å². The molecule has 0 aromatic rings. The second-order valence-corrected chi connectivity index (χ2v) is 5.80. The van der Waals surface area contributed by atoms with Gasteiger partial charge in [0, 0.05) is 18.1 Å². The van der Waals surface area contributed by atoms with Gasteiger partial charge in [-0.25, -0.2) is 0 Å². The lowest BCUT2D eigenvalue weighted by atomic mass is 10.0. The first-order chi connectivity index (χ1) is 7.93. The van der Waals surface area contributed by atoms with Crippen LogP contribution in [0.4, 0.5) is 0 Å². The van der Waals surface area contributed by atoms with Gasteiger partial charge in [0.1, 0.15) is 0 Å². The number of piperidine rings is 1. The molecule has 0 aromatic carbocycles. The number of nitrogens with zero attached hydrogens (tertiary/aromatic N) is 2. The highest BCUT2D eigenvalue weighted by Gasteiger charge is 2.25. The largest absolute Gasteiger partial charge is 0.337 e. The van der Waals surface area contributed by atoms with Crippen LogP contribution in [0, 0.1) is 0 Å². The summed E-state index contributed by atoms with van der Waals surface area (Å²) in [6, 6.07) is 1.15.